The molecule has 0 amide bonds. The Morgan fingerprint density at radius 3 is 2.75 bits per heavy atom. The topological polar surface area (TPSA) is 81.4 Å². The van der Waals surface area contributed by atoms with Crippen LogP contribution in [0.3, 0.4) is 0 Å². The van der Waals surface area contributed by atoms with E-state index in [1.807, 2.05) is 0 Å². The minimum Gasteiger partial charge on any atom is -0.462 e. The largest absolute Gasteiger partial charge is 0.462 e. The fourth-order valence-corrected chi connectivity index (χ4v) is 3.28. The summed E-state index contributed by atoms with van der Waals surface area (Å²) in [6.07, 6.45) is -0.907. The number of benzene rings is 1. The number of halogens is 1. The quantitative estimate of drug-likeness (QED) is 0.444. The van der Waals surface area contributed by atoms with Gasteiger partial charge < -0.3 is 9.84 Å². The number of carbonyl (C=O) groups is 1. The van der Waals surface area contributed by atoms with Gasteiger partial charge in [0.25, 0.3) is 5.56 Å². The highest BCUT2D eigenvalue weighted by Crippen LogP contribution is 2.21. The highest BCUT2D eigenvalue weighted by atomic mass is 79.9. The highest BCUT2D eigenvalue weighted by molar-refractivity contribution is 9.10. The van der Waals surface area contributed by atoms with Crippen LogP contribution in [-0.4, -0.2) is 38.6 Å². The number of aromatic nitrogens is 2. The van der Waals surface area contributed by atoms with Crippen molar-refractivity contribution in [2.75, 3.05) is 5.75 Å². The van der Waals surface area contributed by atoms with Crippen molar-refractivity contribution in [1.29, 1.82) is 0 Å². The molecule has 0 saturated heterocycles. The summed E-state index contributed by atoms with van der Waals surface area (Å²) in [5.74, 6) is -0.323. The van der Waals surface area contributed by atoms with Crippen LogP contribution in [0.15, 0.2) is 32.6 Å². The number of nitrogens with zero attached hydrogens (tertiary/aromatic N) is 2. The maximum absolute atomic E-state index is 12.7. The number of rotatable bonds is 6. The van der Waals surface area contributed by atoms with Crippen LogP contribution in [0, 0.1) is 0 Å². The normalized spacial score (nSPS) is 12.6. The number of aliphatic hydroxyl groups excluding tert-OH is 1. The summed E-state index contributed by atoms with van der Waals surface area (Å²) in [7, 11) is 0. The van der Waals surface area contributed by atoms with Gasteiger partial charge in [0.15, 0.2) is 5.16 Å². The molecule has 0 aliphatic rings. The van der Waals surface area contributed by atoms with Crippen molar-refractivity contribution in [2.45, 2.75) is 44.7 Å². The molecule has 24 heavy (non-hydrogen) atoms. The lowest BCUT2D eigenvalue weighted by Crippen LogP contribution is -2.28. The van der Waals surface area contributed by atoms with Crippen LogP contribution in [0.4, 0.5) is 0 Å². The maximum atomic E-state index is 12.7. The molecule has 1 aromatic heterocycles. The molecule has 130 valence electrons. The van der Waals surface area contributed by atoms with Gasteiger partial charge in [-0.1, -0.05) is 27.7 Å². The van der Waals surface area contributed by atoms with Crippen LogP contribution in [0.1, 0.15) is 20.8 Å². The van der Waals surface area contributed by atoms with Crippen molar-refractivity contribution in [3.63, 3.8) is 0 Å². The van der Waals surface area contributed by atoms with E-state index in [4.69, 9.17) is 4.74 Å². The molecular weight excluding hydrogens is 396 g/mol. The number of esters is 1. The first-order valence-electron chi connectivity index (χ1n) is 7.48. The standard InChI is InChI=1S/C16H19BrN2O4S/c1-9(2)23-14(21)8-24-16-18-13-5-4-11(17)6-12(13)15(22)19(16)7-10(3)20/h4-6,9-10,20H,7-8H2,1-3H3/t10-/m0/s1. The predicted molar refractivity (Wildman–Crippen MR) is 97.3 cm³/mol. The average molecular weight is 415 g/mol. The third-order valence-corrected chi connectivity index (χ3v) is 4.46. The second-order valence-electron chi connectivity index (χ2n) is 5.65. The molecule has 0 aliphatic heterocycles. The monoisotopic (exact) mass is 414 g/mol. The molecule has 2 rings (SSSR count). The Morgan fingerprint density at radius 1 is 1.42 bits per heavy atom. The molecule has 1 heterocycles. The molecule has 0 saturated carbocycles. The van der Waals surface area contributed by atoms with Gasteiger partial charge in [0, 0.05) is 4.47 Å². The lowest BCUT2D eigenvalue weighted by atomic mass is 10.2. The number of hydrogen-bond acceptors (Lipinski definition) is 6. The Morgan fingerprint density at radius 2 is 2.12 bits per heavy atom. The number of carbonyl (C=O) groups excluding carboxylic acids is 1. The van der Waals surface area contributed by atoms with Crippen molar-refractivity contribution >= 4 is 44.6 Å². The first-order valence-corrected chi connectivity index (χ1v) is 9.26. The first kappa shape index (κ1) is 19.0. The van der Waals surface area contributed by atoms with Crippen LogP contribution in [-0.2, 0) is 16.1 Å². The summed E-state index contributed by atoms with van der Waals surface area (Å²) in [6.45, 7) is 5.25. The van der Waals surface area contributed by atoms with Gasteiger partial charge in [-0.05, 0) is 39.0 Å². The third kappa shape index (κ3) is 4.81. The lowest BCUT2D eigenvalue weighted by Gasteiger charge is -2.14. The molecule has 1 aromatic carbocycles. The second kappa shape index (κ2) is 8.13. The minimum atomic E-state index is -0.712. The number of ether oxygens (including phenoxy) is 1. The predicted octanol–water partition coefficient (Wildman–Crippen LogP) is 2.58. The molecule has 2 aromatic rings. The van der Waals surface area contributed by atoms with E-state index in [0.717, 1.165) is 16.2 Å². The lowest BCUT2D eigenvalue weighted by molar-refractivity contribution is -0.144. The molecule has 6 nitrogen and oxygen atoms in total. The zero-order valence-electron chi connectivity index (χ0n) is 13.7. The van der Waals surface area contributed by atoms with E-state index in [1.165, 1.54) is 4.57 Å². The Balaban J connectivity index is 2.41. The summed E-state index contributed by atoms with van der Waals surface area (Å²) < 4.78 is 7.27. The van der Waals surface area contributed by atoms with E-state index in [2.05, 4.69) is 20.9 Å². The molecule has 0 fully saturated rings. The SMILES string of the molecule is CC(C)OC(=O)CSc1nc2ccc(Br)cc2c(=O)n1C[C@H](C)O. The van der Waals surface area contributed by atoms with Crippen molar-refractivity contribution in [2.24, 2.45) is 0 Å². The minimum absolute atomic E-state index is 0.0481. The molecule has 8 heteroatoms. The second-order valence-corrected chi connectivity index (χ2v) is 7.51. The van der Waals surface area contributed by atoms with Crippen molar-refractivity contribution in [3.8, 4) is 0 Å². The summed E-state index contributed by atoms with van der Waals surface area (Å²) in [5, 5.41) is 10.5. The average Bonchev–Trinajstić information content (AvgIpc) is 2.48. The van der Waals surface area contributed by atoms with Crippen LogP contribution in [0.5, 0.6) is 0 Å². The fourth-order valence-electron chi connectivity index (χ4n) is 2.13. The van der Waals surface area contributed by atoms with E-state index in [0.29, 0.717) is 16.1 Å². The zero-order valence-corrected chi connectivity index (χ0v) is 16.1. The Bertz CT molecular complexity index is 804. The summed E-state index contributed by atoms with van der Waals surface area (Å²) in [5.41, 5.74) is 0.298. The smallest absolute Gasteiger partial charge is 0.316 e. The van der Waals surface area contributed by atoms with Gasteiger partial charge in [-0.15, -0.1) is 0 Å². The van der Waals surface area contributed by atoms with E-state index in [1.54, 1.807) is 39.0 Å². The summed E-state index contributed by atoms with van der Waals surface area (Å²) in [4.78, 5) is 28.9. The molecule has 1 atom stereocenters. The first-order chi connectivity index (χ1) is 11.3. The van der Waals surface area contributed by atoms with Gasteiger partial charge >= 0.3 is 5.97 Å². The summed E-state index contributed by atoms with van der Waals surface area (Å²) in [6, 6.07) is 5.24. The molecular formula is C16H19BrN2O4S. The van der Waals surface area contributed by atoms with Gasteiger partial charge in [0.1, 0.15) is 0 Å². The number of thioether (sulfide) groups is 1. The highest BCUT2D eigenvalue weighted by Gasteiger charge is 2.15. The van der Waals surface area contributed by atoms with E-state index in [-0.39, 0.29) is 29.9 Å². The number of fused-ring (bicyclic) bond motifs is 1. The molecule has 1 N–H and O–H groups in total. The van der Waals surface area contributed by atoms with Crippen LogP contribution >= 0.6 is 27.7 Å². The Labute approximate surface area is 152 Å². The van der Waals surface area contributed by atoms with Gasteiger partial charge in [0.2, 0.25) is 0 Å². The molecule has 0 radical (unpaired) electrons. The van der Waals surface area contributed by atoms with Gasteiger partial charge in [-0.25, -0.2) is 4.98 Å². The fraction of sp³-hybridized carbons (Fsp3) is 0.438. The molecule has 0 aliphatic carbocycles. The zero-order chi connectivity index (χ0) is 17.9. The van der Waals surface area contributed by atoms with Crippen LogP contribution < -0.4 is 5.56 Å². The molecule has 0 bridgehead atoms. The van der Waals surface area contributed by atoms with E-state index in [9.17, 15) is 14.7 Å². The van der Waals surface area contributed by atoms with Gasteiger partial charge in [-0.2, -0.15) is 0 Å². The molecule has 0 spiro atoms. The van der Waals surface area contributed by atoms with Gasteiger partial charge in [-0.3, -0.25) is 14.2 Å². The van der Waals surface area contributed by atoms with Gasteiger partial charge in [0.05, 0.1) is 35.4 Å². The van der Waals surface area contributed by atoms with Crippen LogP contribution in [0.2, 0.25) is 0 Å². The number of hydrogen-bond donors (Lipinski definition) is 1. The molecule has 0 unspecified atom stereocenters. The maximum Gasteiger partial charge on any atom is 0.316 e. The van der Waals surface area contributed by atoms with E-state index < -0.39 is 6.10 Å². The van der Waals surface area contributed by atoms with Crippen molar-refractivity contribution in [3.05, 3.63) is 33.0 Å². The van der Waals surface area contributed by atoms with Crippen LogP contribution in [0.25, 0.3) is 10.9 Å². The summed E-state index contributed by atoms with van der Waals surface area (Å²) >= 11 is 4.47. The third-order valence-electron chi connectivity index (χ3n) is 3.01. The Kier molecular flexibility index (Phi) is 6.42. The Hall–Kier alpha value is -1.38. The van der Waals surface area contributed by atoms with Crippen molar-refractivity contribution < 1.29 is 14.6 Å². The van der Waals surface area contributed by atoms with Crippen molar-refractivity contribution in [1.82, 2.24) is 9.55 Å². The number of aliphatic hydroxyl groups is 1. The van der Waals surface area contributed by atoms with E-state index >= 15 is 0 Å².